The first-order valence-electron chi connectivity index (χ1n) is 9.62. The fraction of sp³-hybridized carbons (Fsp3) is 0.435. The maximum atomic E-state index is 15.2. The summed E-state index contributed by atoms with van der Waals surface area (Å²) in [4.78, 5) is 14.7. The van der Waals surface area contributed by atoms with E-state index in [9.17, 15) is 4.79 Å². The van der Waals surface area contributed by atoms with Crippen LogP contribution in [0.4, 0.5) is 4.39 Å². The number of likely N-dealkylation sites (tertiary alicyclic amines) is 1. The van der Waals surface area contributed by atoms with E-state index in [2.05, 4.69) is 0 Å². The minimum atomic E-state index is -0.146. The van der Waals surface area contributed by atoms with Crippen LogP contribution in [0.1, 0.15) is 38.7 Å². The lowest BCUT2D eigenvalue weighted by molar-refractivity contribution is -0.135. The van der Waals surface area contributed by atoms with Crippen LogP contribution in [-0.2, 0) is 11.2 Å². The molecule has 0 bridgehead atoms. The van der Waals surface area contributed by atoms with Gasteiger partial charge in [-0.05, 0) is 42.2 Å². The van der Waals surface area contributed by atoms with Crippen molar-refractivity contribution in [3.63, 3.8) is 0 Å². The number of benzene rings is 2. The van der Waals surface area contributed by atoms with Gasteiger partial charge in [-0.15, -0.1) is 0 Å². The van der Waals surface area contributed by atoms with Crippen molar-refractivity contribution in [3.8, 4) is 11.1 Å². The number of hydrogen-bond donors (Lipinski definition) is 0. The van der Waals surface area contributed by atoms with Crippen molar-refractivity contribution in [2.24, 2.45) is 11.3 Å². The summed E-state index contributed by atoms with van der Waals surface area (Å²) in [6, 6.07) is 15.4. The van der Waals surface area contributed by atoms with Gasteiger partial charge in [0.05, 0.1) is 0 Å². The van der Waals surface area contributed by atoms with E-state index in [4.69, 9.17) is 0 Å². The first-order valence-corrected chi connectivity index (χ1v) is 9.62. The Kier molecular flexibility index (Phi) is 4.34. The molecule has 2 aliphatic rings. The minimum Gasteiger partial charge on any atom is -0.339 e. The molecule has 0 unspecified atom stereocenters. The highest BCUT2D eigenvalue weighted by atomic mass is 19.1. The van der Waals surface area contributed by atoms with E-state index < -0.39 is 0 Å². The van der Waals surface area contributed by atoms with E-state index in [-0.39, 0.29) is 23.7 Å². The van der Waals surface area contributed by atoms with Gasteiger partial charge in [-0.3, -0.25) is 4.79 Å². The Bertz CT molecular complexity index is 810. The van der Waals surface area contributed by atoms with Crippen LogP contribution in [0.15, 0.2) is 48.5 Å². The first-order chi connectivity index (χ1) is 12.5. The van der Waals surface area contributed by atoms with Crippen LogP contribution in [0.3, 0.4) is 0 Å². The van der Waals surface area contributed by atoms with Gasteiger partial charge in [0.2, 0.25) is 5.91 Å². The van der Waals surface area contributed by atoms with E-state index in [0.29, 0.717) is 17.4 Å². The van der Waals surface area contributed by atoms with Gasteiger partial charge in [-0.1, -0.05) is 62.4 Å². The average molecular weight is 351 g/mol. The number of carbonyl (C=O) groups excluding carboxylic acids is 1. The van der Waals surface area contributed by atoms with Crippen LogP contribution < -0.4 is 0 Å². The first kappa shape index (κ1) is 17.3. The van der Waals surface area contributed by atoms with Gasteiger partial charge in [0.25, 0.3) is 0 Å². The molecule has 2 fully saturated rings. The molecule has 0 radical (unpaired) electrons. The molecule has 1 amide bonds. The molecule has 1 aliphatic carbocycles. The summed E-state index contributed by atoms with van der Waals surface area (Å²) in [5.41, 5.74) is 2.58. The standard InChI is InChI=1S/C23H26FNO/c1-16(2)22(26)25-15-23(11-12-23)14-19(25)13-18-9-6-10-20(21(18)24)17-7-4-3-5-8-17/h3-10,16,19H,11-15H2,1-2H3/t19-/m0/s1. The molecule has 4 rings (SSSR count). The molecule has 1 atom stereocenters. The maximum absolute atomic E-state index is 15.2. The smallest absolute Gasteiger partial charge is 0.225 e. The third-order valence-corrected chi connectivity index (χ3v) is 5.97. The second kappa shape index (κ2) is 6.53. The second-order valence-electron chi connectivity index (χ2n) is 8.33. The number of nitrogens with zero attached hydrogens (tertiary/aromatic N) is 1. The Morgan fingerprint density at radius 3 is 2.54 bits per heavy atom. The SMILES string of the molecule is CC(C)C(=O)N1CC2(CC2)C[C@@H]1Cc1cccc(-c2ccccc2)c1F. The van der Waals surface area contributed by atoms with Crippen molar-refractivity contribution in [2.75, 3.05) is 6.54 Å². The monoisotopic (exact) mass is 351 g/mol. The van der Waals surface area contributed by atoms with E-state index in [1.807, 2.05) is 67.3 Å². The fourth-order valence-electron chi connectivity index (χ4n) is 4.31. The number of carbonyl (C=O) groups is 1. The third kappa shape index (κ3) is 3.15. The molecule has 0 N–H and O–H groups in total. The summed E-state index contributed by atoms with van der Waals surface area (Å²) in [6.45, 7) is 4.76. The van der Waals surface area contributed by atoms with Crippen molar-refractivity contribution in [2.45, 2.75) is 45.6 Å². The van der Waals surface area contributed by atoms with Crippen molar-refractivity contribution < 1.29 is 9.18 Å². The molecule has 3 heteroatoms. The number of rotatable bonds is 4. The molecule has 1 aliphatic heterocycles. The van der Waals surface area contributed by atoms with E-state index in [0.717, 1.165) is 24.1 Å². The minimum absolute atomic E-state index is 0.00750. The molecule has 1 spiro atoms. The lowest BCUT2D eigenvalue weighted by Gasteiger charge is -2.27. The van der Waals surface area contributed by atoms with Crippen molar-refractivity contribution in [3.05, 3.63) is 59.9 Å². The van der Waals surface area contributed by atoms with Gasteiger partial charge in [0.1, 0.15) is 5.82 Å². The predicted molar refractivity (Wildman–Crippen MR) is 102 cm³/mol. The van der Waals surface area contributed by atoms with Crippen molar-refractivity contribution >= 4 is 5.91 Å². The highest BCUT2D eigenvalue weighted by Gasteiger charge is 2.53. The molecule has 1 saturated carbocycles. The van der Waals surface area contributed by atoms with Gasteiger partial charge in [-0.25, -0.2) is 4.39 Å². The molecule has 2 aromatic carbocycles. The van der Waals surface area contributed by atoms with Gasteiger partial charge in [0.15, 0.2) is 0 Å². The van der Waals surface area contributed by atoms with Gasteiger partial charge in [-0.2, -0.15) is 0 Å². The van der Waals surface area contributed by atoms with Crippen LogP contribution in [0.5, 0.6) is 0 Å². The summed E-state index contributed by atoms with van der Waals surface area (Å²) in [6.07, 6.45) is 4.03. The lowest BCUT2D eigenvalue weighted by Crippen LogP contribution is -2.39. The molecular formula is C23H26FNO. The molecular weight excluding hydrogens is 325 g/mol. The normalized spacial score (nSPS) is 20.8. The zero-order valence-corrected chi connectivity index (χ0v) is 15.5. The predicted octanol–water partition coefficient (Wildman–Crippen LogP) is 5.07. The number of halogens is 1. The summed E-state index contributed by atoms with van der Waals surface area (Å²) < 4.78 is 15.2. The largest absolute Gasteiger partial charge is 0.339 e. The summed E-state index contributed by atoms with van der Waals surface area (Å²) in [7, 11) is 0. The highest BCUT2D eigenvalue weighted by molar-refractivity contribution is 5.79. The summed E-state index contributed by atoms with van der Waals surface area (Å²) in [5.74, 6) is 0.0534. The highest BCUT2D eigenvalue weighted by Crippen LogP contribution is 2.55. The third-order valence-electron chi connectivity index (χ3n) is 5.97. The fourth-order valence-corrected chi connectivity index (χ4v) is 4.31. The topological polar surface area (TPSA) is 20.3 Å². The van der Waals surface area contributed by atoms with Crippen LogP contribution in [0.2, 0.25) is 0 Å². The molecule has 1 saturated heterocycles. The van der Waals surface area contributed by atoms with Gasteiger partial charge >= 0.3 is 0 Å². The molecule has 2 aromatic rings. The number of amides is 1. The molecule has 0 aromatic heterocycles. The molecule has 136 valence electrons. The summed E-state index contributed by atoms with van der Waals surface area (Å²) in [5, 5.41) is 0. The van der Waals surface area contributed by atoms with Gasteiger partial charge in [0, 0.05) is 24.1 Å². The van der Waals surface area contributed by atoms with E-state index in [1.165, 1.54) is 12.8 Å². The van der Waals surface area contributed by atoms with Crippen LogP contribution >= 0.6 is 0 Å². The maximum Gasteiger partial charge on any atom is 0.225 e. The lowest BCUT2D eigenvalue weighted by atomic mass is 9.95. The van der Waals surface area contributed by atoms with E-state index in [1.54, 1.807) is 0 Å². The Balaban J connectivity index is 1.61. The zero-order chi connectivity index (χ0) is 18.3. The number of hydrogen-bond acceptors (Lipinski definition) is 1. The van der Waals surface area contributed by atoms with Crippen LogP contribution in [0, 0.1) is 17.2 Å². The van der Waals surface area contributed by atoms with Crippen molar-refractivity contribution in [1.82, 2.24) is 4.90 Å². The Hall–Kier alpha value is -2.16. The molecule has 1 heterocycles. The summed E-state index contributed by atoms with van der Waals surface area (Å²) >= 11 is 0. The second-order valence-corrected chi connectivity index (χ2v) is 8.33. The van der Waals surface area contributed by atoms with Crippen molar-refractivity contribution in [1.29, 1.82) is 0 Å². The quantitative estimate of drug-likeness (QED) is 0.753. The average Bonchev–Trinajstić information content (AvgIpc) is 3.30. The zero-order valence-electron chi connectivity index (χ0n) is 15.5. The van der Waals surface area contributed by atoms with Crippen LogP contribution in [-0.4, -0.2) is 23.4 Å². The Labute approximate surface area is 155 Å². The Morgan fingerprint density at radius 2 is 1.88 bits per heavy atom. The molecule has 2 nitrogen and oxygen atoms in total. The molecule has 26 heavy (non-hydrogen) atoms. The van der Waals surface area contributed by atoms with Gasteiger partial charge < -0.3 is 4.90 Å². The van der Waals surface area contributed by atoms with E-state index >= 15 is 4.39 Å². The Morgan fingerprint density at radius 1 is 1.15 bits per heavy atom. The van der Waals surface area contributed by atoms with Crippen LogP contribution in [0.25, 0.3) is 11.1 Å².